The summed E-state index contributed by atoms with van der Waals surface area (Å²) in [5.74, 6) is 0.622. The van der Waals surface area contributed by atoms with Crippen LogP contribution in [0.5, 0.6) is 5.75 Å². The second-order valence-electron chi connectivity index (χ2n) is 4.74. The largest absolute Gasteiger partial charge is 0.487 e. The maximum Gasteiger partial charge on any atom is 0.242 e. The fourth-order valence-electron chi connectivity index (χ4n) is 2.32. The van der Waals surface area contributed by atoms with Crippen LogP contribution < -0.4 is 10.1 Å². The van der Waals surface area contributed by atoms with Crippen LogP contribution in [0.25, 0.3) is 6.08 Å². The Bertz CT molecular complexity index is 655. The summed E-state index contributed by atoms with van der Waals surface area (Å²) in [7, 11) is -3.44. The van der Waals surface area contributed by atoms with E-state index in [1.807, 2.05) is 0 Å². The fraction of sp³-hybridized carbons (Fsp3) is 0.385. The summed E-state index contributed by atoms with van der Waals surface area (Å²) in [5, 5.41) is 3.71. The molecule has 2 aliphatic heterocycles. The average Bonchev–Trinajstić information content (AvgIpc) is 2.47. The molecule has 0 radical (unpaired) electrons. The molecule has 0 bridgehead atoms. The molecule has 1 fully saturated rings. The Morgan fingerprint density at radius 3 is 2.67 bits per heavy atom. The van der Waals surface area contributed by atoms with Crippen LogP contribution in [-0.2, 0) is 10.0 Å². The van der Waals surface area contributed by atoms with Gasteiger partial charge in [0.05, 0.1) is 4.91 Å². The number of rotatable bonds is 2. The highest BCUT2D eigenvalue weighted by molar-refractivity contribution is 7.93. The Morgan fingerprint density at radius 2 is 1.95 bits per heavy atom. The van der Waals surface area contributed by atoms with Crippen molar-refractivity contribution >= 4 is 40.1 Å². The van der Waals surface area contributed by atoms with E-state index in [1.165, 1.54) is 4.31 Å². The van der Waals surface area contributed by atoms with Gasteiger partial charge in [-0.2, -0.15) is 4.31 Å². The Kier molecular flexibility index (Phi) is 5.16. The molecule has 1 aromatic rings. The quantitative estimate of drug-likeness (QED) is 0.882. The van der Waals surface area contributed by atoms with Crippen LogP contribution in [0, 0.1) is 0 Å². The third-order valence-corrected chi connectivity index (χ3v) is 5.59. The number of nitrogens with zero attached hydrogens (tertiary/aromatic N) is 1. The van der Waals surface area contributed by atoms with Crippen LogP contribution in [0.15, 0.2) is 23.1 Å². The number of hydrogen-bond donors (Lipinski definition) is 1. The summed E-state index contributed by atoms with van der Waals surface area (Å²) in [5.41, 5.74) is 0.745. The van der Waals surface area contributed by atoms with Gasteiger partial charge in [0.2, 0.25) is 10.0 Å². The molecule has 2 heterocycles. The second kappa shape index (κ2) is 6.54. The van der Waals surface area contributed by atoms with Crippen LogP contribution in [0.1, 0.15) is 5.56 Å². The van der Waals surface area contributed by atoms with Crippen LogP contribution in [-0.4, -0.2) is 45.5 Å². The SMILES string of the molecule is Cl.O=S(=O)(C1=Cc2ccc(Cl)cc2OC1)N1CCNCC1. The molecule has 5 nitrogen and oxygen atoms in total. The first kappa shape index (κ1) is 16.6. The number of halogens is 2. The molecule has 1 aromatic carbocycles. The number of nitrogens with one attached hydrogen (secondary N) is 1. The van der Waals surface area contributed by atoms with Gasteiger partial charge in [0.1, 0.15) is 12.4 Å². The van der Waals surface area contributed by atoms with E-state index in [0.717, 1.165) is 5.56 Å². The van der Waals surface area contributed by atoms with Crippen molar-refractivity contribution in [2.24, 2.45) is 0 Å². The molecule has 0 amide bonds. The van der Waals surface area contributed by atoms with Crippen molar-refractivity contribution in [2.75, 3.05) is 32.8 Å². The van der Waals surface area contributed by atoms with E-state index in [0.29, 0.717) is 41.9 Å². The van der Waals surface area contributed by atoms with E-state index in [-0.39, 0.29) is 19.0 Å². The van der Waals surface area contributed by atoms with Crippen molar-refractivity contribution in [3.05, 3.63) is 33.7 Å². The van der Waals surface area contributed by atoms with E-state index >= 15 is 0 Å². The third-order valence-electron chi connectivity index (χ3n) is 3.41. The Hall–Kier alpha value is -0.790. The van der Waals surface area contributed by atoms with Crippen molar-refractivity contribution in [2.45, 2.75) is 0 Å². The average molecular weight is 351 g/mol. The Morgan fingerprint density at radius 1 is 1.24 bits per heavy atom. The predicted molar refractivity (Wildman–Crippen MR) is 85.5 cm³/mol. The number of fused-ring (bicyclic) bond motifs is 1. The molecule has 0 spiro atoms. The zero-order valence-corrected chi connectivity index (χ0v) is 13.6. The summed E-state index contributed by atoms with van der Waals surface area (Å²) in [6.45, 7) is 2.40. The number of ether oxygens (including phenoxy) is 1. The fourth-order valence-corrected chi connectivity index (χ4v) is 3.96. The van der Waals surface area contributed by atoms with Gasteiger partial charge >= 0.3 is 0 Å². The van der Waals surface area contributed by atoms with Gasteiger partial charge in [0.25, 0.3) is 0 Å². The molecule has 8 heteroatoms. The minimum atomic E-state index is -3.44. The van der Waals surface area contributed by atoms with Crippen LogP contribution >= 0.6 is 24.0 Å². The first-order valence-corrected chi connectivity index (χ1v) is 8.23. The zero-order chi connectivity index (χ0) is 14.2. The summed E-state index contributed by atoms with van der Waals surface area (Å²) in [6.07, 6.45) is 1.67. The van der Waals surface area contributed by atoms with Crippen LogP contribution in [0.3, 0.4) is 0 Å². The summed E-state index contributed by atoms with van der Waals surface area (Å²) in [6, 6.07) is 5.19. The van der Waals surface area contributed by atoms with Gasteiger partial charge in [0.15, 0.2) is 0 Å². The Labute approximate surface area is 135 Å². The lowest BCUT2D eigenvalue weighted by Crippen LogP contribution is -2.47. The highest BCUT2D eigenvalue weighted by Gasteiger charge is 2.30. The topological polar surface area (TPSA) is 58.6 Å². The van der Waals surface area contributed by atoms with Gasteiger partial charge < -0.3 is 10.1 Å². The van der Waals surface area contributed by atoms with Gasteiger partial charge in [0, 0.05) is 36.8 Å². The molecule has 2 aliphatic rings. The highest BCUT2D eigenvalue weighted by Crippen LogP contribution is 2.31. The molecule has 0 atom stereocenters. The van der Waals surface area contributed by atoms with E-state index in [2.05, 4.69) is 5.32 Å². The molecule has 1 saturated heterocycles. The molecule has 116 valence electrons. The molecular weight excluding hydrogens is 335 g/mol. The van der Waals surface area contributed by atoms with Crippen molar-refractivity contribution in [1.82, 2.24) is 9.62 Å². The van der Waals surface area contributed by atoms with Gasteiger partial charge in [-0.25, -0.2) is 8.42 Å². The van der Waals surface area contributed by atoms with E-state index in [1.54, 1.807) is 24.3 Å². The molecule has 21 heavy (non-hydrogen) atoms. The second-order valence-corrected chi connectivity index (χ2v) is 7.16. The van der Waals surface area contributed by atoms with Gasteiger partial charge in [-0.1, -0.05) is 11.6 Å². The number of benzene rings is 1. The van der Waals surface area contributed by atoms with E-state index in [4.69, 9.17) is 16.3 Å². The standard InChI is InChI=1S/C13H15ClN2O3S.ClH/c14-11-2-1-10-7-12(9-19-13(10)8-11)20(17,18)16-5-3-15-4-6-16;/h1-2,7-8,15H,3-6,9H2;1H. The van der Waals surface area contributed by atoms with E-state index < -0.39 is 10.0 Å². The maximum absolute atomic E-state index is 12.5. The van der Waals surface area contributed by atoms with Gasteiger partial charge in [-0.05, 0) is 24.3 Å². The summed E-state index contributed by atoms with van der Waals surface area (Å²) < 4.78 is 32.1. The number of piperazine rings is 1. The lowest BCUT2D eigenvalue weighted by atomic mass is 10.1. The normalized spacial score (nSPS) is 19.0. The predicted octanol–water partition coefficient (Wildman–Crippen LogP) is 1.73. The third kappa shape index (κ3) is 3.35. The highest BCUT2D eigenvalue weighted by atomic mass is 35.5. The first-order chi connectivity index (χ1) is 9.57. The minimum Gasteiger partial charge on any atom is -0.487 e. The van der Waals surface area contributed by atoms with Crippen molar-refractivity contribution in [1.29, 1.82) is 0 Å². The Balaban J connectivity index is 0.00000161. The molecule has 0 aliphatic carbocycles. The molecule has 3 rings (SSSR count). The first-order valence-electron chi connectivity index (χ1n) is 6.41. The molecule has 0 unspecified atom stereocenters. The van der Waals surface area contributed by atoms with Crippen molar-refractivity contribution < 1.29 is 13.2 Å². The van der Waals surface area contributed by atoms with Crippen LogP contribution in [0.4, 0.5) is 0 Å². The summed E-state index contributed by atoms with van der Waals surface area (Å²) in [4.78, 5) is 0.300. The molecule has 0 aromatic heterocycles. The summed E-state index contributed by atoms with van der Waals surface area (Å²) >= 11 is 5.89. The lowest BCUT2D eigenvalue weighted by Gasteiger charge is -2.28. The smallest absolute Gasteiger partial charge is 0.242 e. The van der Waals surface area contributed by atoms with Gasteiger partial charge in [-0.3, -0.25) is 0 Å². The molecular formula is C13H16Cl2N2O3S. The van der Waals surface area contributed by atoms with Crippen LogP contribution in [0.2, 0.25) is 5.02 Å². The number of sulfonamides is 1. The maximum atomic E-state index is 12.5. The van der Waals surface area contributed by atoms with Crippen molar-refractivity contribution in [3.8, 4) is 5.75 Å². The van der Waals surface area contributed by atoms with E-state index in [9.17, 15) is 8.42 Å². The minimum absolute atomic E-state index is 0. The van der Waals surface area contributed by atoms with Gasteiger partial charge in [-0.15, -0.1) is 12.4 Å². The number of hydrogen-bond acceptors (Lipinski definition) is 4. The monoisotopic (exact) mass is 350 g/mol. The lowest BCUT2D eigenvalue weighted by molar-refractivity contribution is 0.339. The molecule has 1 N–H and O–H groups in total. The van der Waals surface area contributed by atoms with Crippen molar-refractivity contribution in [3.63, 3.8) is 0 Å². The molecule has 0 saturated carbocycles. The zero-order valence-electron chi connectivity index (χ0n) is 11.2.